The molecule has 6 nitrogen and oxygen atoms in total. The van der Waals surface area contributed by atoms with Gasteiger partial charge in [-0.05, 0) is 6.42 Å². The minimum absolute atomic E-state index is 0.235. The normalized spacial score (nSPS) is 32.1. The number of nitroso groups, excluding NO2 is 2. The molecule has 0 aromatic heterocycles. The van der Waals surface area contributed by atoms with Gasteiger partial charge in [0.15, 0.2) is 0 Å². The Balaban J connectivity index is 2.40. The van der Waals surface area contributed by atoms with Crippen LogP contribution in [0.2, 0.25) is 0 Å². The molecule has 2 N–H and O–H groups in total. The van der Waals surface area contributed by atoms with Crippen molar-refractivity contribution in [3.05, 3.63) is 9.81 Å². The maximum Gasteiger partial charge on any atom is 0.112 e. The molecule has 0 spiro atoms. The van der Waals surface area contributed by atoms with Gasteiger partial charge >= 0.3 is 0 Å². The molecule has 4 atom stereocenters. The lowest BCUT2D eigenvalue weighted by Gasteiger charge is -2.11. The second-order valence-electron chi connectivity index (χ2n) is 5.43. The van der Waals surface area contributed by atoms with Gasteiger partial charge in [0.05, 0.1) is 12.2 Å². The van der Waals surface area contributed by atoms with Gasteiger partial charge in [0, 0.05) is 46.0 Å². The maximum atomic E-state index is 10.9. The fourth-order valence-electron chi connectivity index (χ4n) is 1.48. The van der Waals surface area contributed by atoms with Crippen LogP contribution in [0, 0.1) is 9.81 Å². The van der Waals surface area contributed by atoms with E-state index in [2.05, 4.69) is 10.4 Å². The summed E-state index contributed by atoms with van der Waals surface area (Å²) in [4.78, 5) is 21.9. The first-order valence-corrected chi connectivity index (χ1v) is 18.1. The zero-order chi connectivity index (χ0) is 19.7. The molecule has 0 aromatic rings. The number of nitrogens with zero attached hydrogens (tertiary/aromatic N) is 2. The number of hydrogen-bond donors (Lipinski definition) is 2. The van der Waals surface area contributed by atoms with Crippen LogP contribution in [0.3, 0.4) is 0 Å². The Morgan fingerprint density at radius 2 is 0.926 bits per heavy atom. The summed E-state index contributed by atoms with van der Waals surface area (Å²) in [5.74, 6) is 5.21. The molecular weight excluding hydrogens is 505 g/mol. The van der Waals surface area contributed by atoms with Gasteiger partial charge in [-0.3, -0.25) is 0 Å². The van der Waals surface area contributed by atoms with Crippen LogP contribution in [0.1, 0.15) is 6.42 Å². The minimum atomic E-state index is -0.421. The van der Waals surface area contributed by atoms with Crippen LogP contribution >= 0.6 is 86.4 Å². The third kappa shape index (κ3) is 15.4. The van der Waals surface area contributed by atoms with Crippen LogP contribution < -0.4 is 0 Å². The van der Waals surface area contributed by atoms with Crippen LogP contribution in [0.4, 0.5) is 0 Å². The maximum absolute atomic E-state index is 10.9. The molecule has 0 radical (unpaired) electrons. The number of hydrogen-bond acceptors (Lipinski definition) is 14. The predicted octanol–water partition coefficient (Wildman–Crippen LogP) is 4.91. The van der Waals surface area contributed by atoms with Gasteiger partial charge < -0.3 is 10.2 Å². The lowest BCUT2D eigenvalue weighted by Crippen LogP contribution is -2.14. The first kappa shape index (κ1) is 27.0. The van der Waals surface area contributed by atoms with E-state index in [4.69, 9.17) is 0 Å². The van der Waals surface area contributed by atoms with Gasteiger partial charge in [0.1, 0.15) is 12.1 Å². The number of aliphatic hydroxyl groups excluding tert-OH is 2. The van der Waals surface area contributed by atoms with Crippen molar-refractivity contribution in [2.24, 2.45) is 10.4 Å². The van der Waals surface area contributed by atoms with Crippen molar-refractivity contribution in [2.75, 3.05) is 46.0 Å². The zero-order valence-corrected chi connectivity index (χ0v) is 21.1. The van der Waals surface area contributed by atoms with Crippen molar-refractivity contribution >= 4 is 86.4 Å². The highest BCUT2D eigenvalue weighted by molar-refractivity contribution is 8.78. The van der Waals surface area contributed by atoms with Crippen LogP contribution in [-0.2, 0) is 0 Å². The summed E-state index contributed by atoms with van der Waals surface area (Å²) in [6.07, 6.45) is -0.0872. The molecule has 0 amide bonds. The van der Waals surface area contributed by atoms with Crippen LogP contribution in [0.15, 0.2) is 10.4 Å². The van der Waals surface area contributed by atoms with Gasteiger partial charge in [-0.2, -0.15) is 9.81 Å². The van der Waals surface area contributed by atoms with E-state index < -0.39 is 6.10 Å². The van der Waals surface area contributed by atoms with Gasteiger partial charge in [0.25, 0.3) is 0 Å². The molecule has 4 unspecified atom stereocenters. The number of rotatable bonds is 2. The van der Waals surface area contributed by atoms with Crippen molar-refractivity contribution in [3.8, 4) is 0 Å². The molecule has 1 fully saturated rings. The summed E-state index contributed by atoms with van der Waals surface area (Å²) in [7, 11) is 12.7. The average Bonchev–Trinajstić information content (AvgIpc) is 2.67. The summed E-state index contributed by atoms with van der Waals surface area (Å²) < 4.78 is 0. The highest BCUT2D eigenvalue weighted by atomic mass is 33.1. The molecule has 1 rings (SSSR count). The first-order valence-electron chi connectivity index (χ1n) is 8.14. The Bertz CT molecular complexity index is 401. The zero-order valence-electron chi connectivity index (χ0n) is 14.5. The van der Waals surface area contributed by atoms with E-state index in [1.54, 1.807) is 86.4 Å². The highest BCUT2D eigenvalue weighted by Gasteiger charge is 2.14. The molecule has 14 heteroatoms. The standard InChI is InChI=1S/C13H24N2O4S8/c16-12-1-2-20-21-3-10(14-18)4-23-26-8-13(17)9-27-24-6-11(15-19)5-22-25-7-12/h10-13,16-17H,1-9H2. The van der Waals surface area contributed by atoms with E-state index in [0.29, 0.717) is 46.7 Å². The van der Waals surface area contributed by atoms with E-state index in [1.807, 2.05) is 0 Å². The second kappa shape index (κ2) is 18.7. The molecule has 158 valence electrons. The van der Waals surface area contributed by atoms with E-state index in [9.17, 15) is 20.0 Å². The lowest BCUT2D eigenvalue weighted by atomic mass is 10.3. The third-order valence-corrected chi connectivity index (χ3v) is 13.1. The van der Waals surface area contributed by atoms with Crippen molar-refractivity contribution in [2.45, 2.75) is 30.7 Å². The Kier molecular flexibility index (Phi) is 18.6. The largest absolute Gasteiger partial charge is 0.392 e. The van der Waals surface area contributed by atoms with Crippen molar-refractivity contribution in [3.63, 3.8) is 0 Å². The number of aliphatic hydroxyl groups is 2. The lowest BCUT2D eigenvalue weighted by molar-refractivity contribution is 0.197. The molecule has 27 heavy (non-hydrogen) atoms. The second-order valence-corrected chi connectivity index (χ2v) is 15.7. The van der Waals surface area contributed by atoms with Crippen LogP contribution in [0.5, 0.6) is 0 Å². The quantitative estimate of drug-likeness (QED) is 0.376. The minimum Gasteiger partial charge on any atom is -0.392 e. The van der Waals surface area contributed by atoms with E-state index in [-0.39, 0.29) is 18.2 Å². The monoisotopic (exact) mass is 528 g/mol. The molecule has 1 heterocycles. The molecular formula is C13H24N2O4S8. The van der Waals surface area contributed by atoms with Crippen LogP contribution in [0.25, 0.3) is 0 Å². The smallest absolute Gasteiger partial charge is 0.112 e. The fourth-order valence-corrected chi connectivity index (χ4v) is 11.3. The molecule has 0 saturated carbocycles. The summed E-state index contributed by atoms with van der Waals surface area (Å²) in [5, 5.41) is 26.4. The SMILES string of the molecule is O=NC1CSSCCC(O)CSSCC(N=O)CSSCC(O)CSSC1. The van der Waals surface area contributed by atoms with Gasteiger partial charge in [-0.1, -0.05) is 96.7 Å². The highest BCUT2D eigenvalue weighted by Crippen LogP contribution is 2.32. The molecule has 1 aliphatic rings. The summed E-state index contributed by atoms with van der Waals surface area (Å²) in [6.45, 7) is 0. The van der Waals surface area contributed by atoms with Crippen molar-refractivity contribution in [1.29, 1.82) is 0 Å². The summed E-state index contributed by atoms with van der Waals surface area (Å²) in [6, 6.07) is -0.492. The predicted molar refractivity (Wildman–Crippen MR) is 135 cm³/mol. The van der Waals surface area contributed by atoms with Crippen LogP contribution in [-0.4, -0.2) is 80.5 Å². The molecule has 0 bridgehead atoms. The topological polar surface area (TPSA) is 99.3 Å². The average molecular weight is 529 g/mol. The Labute approximate surface area is 192 Å². The molecule has 0 aromatic carbocycles. The third-order valence-electron chi connectivity index (χ3n) is 2.99. The van der Waals surface area contributed by atoms with Gasteiger partial charge in [0.2, 0.25) is 0 Å². The van der Waals surface area contributed by atoms with E-state index in [0.717, 1.165) is 5.75 Å². The molecule has 1 saturated heterocycles. The summed E-state index contributed by atoms with van der Waals surface area (Å²) in [5.41, 5.74) is 0. The van der Waals surface area contributed by atoms with Gasteiger partial charge in [-0.15, -0.1) is 0 Å². The fraction of sp³-hybridized carbons (Fsp3) is 1.00. The molecule has 0 aliphatic carbocycles. The van der Waals surface area contributed by atoms with Gasteiger partial charge in [-0.25, -0.2) is 0 Å². The first-order chi connectivity index (χ1) is 13.2. The van der Waals surface area contributed by atoms with Crippen molar-refractivity contribution < 1.29 is 10.2 Å². The van der Waals surface area contributed by atoms with E-state index in [1.165, 1.54) is 0 Å². The Hall–Kier alpha value is 1.92. The Morgan fingerprint density at radius 1 is 0.556 bits per heavy atom. The van der Waals surface area contributed by atoms with Crippen molar-refractivity contribution in [1.82, 2.24) is 0 Å². The molecule has 1 aliphatic heterocycles. The Morgan fingerprint density at radius 3 is 1.37 bits per heavy atom. The summed E-state index contributed by atoms with van der Waals surface area (Å²) >= 11 is 0. The van der Waals surface area contributed by atoms with E-state index >= 15 is 0 Å².